The number of fused-ring (bicyclic) bond motifs is 1. The molecule has 0 atom stereocenters. The molecule has 0 aliphatic rings. The van der Waals surface area contributed by atoms with Gasteiger partial charge in [-0.3, -0.25) is 0 Å². The van der Waals surface area contributed by atoms with E-state index in [1.807, 2.05) is 33.0 Å². The monoisotopic (exact) mass is 280 g/mol. The number of benzene rings is 1. The molecular formula is C15H21ClN2O. The van der Waals surface area contributed by atoms with Crippen molar-refractivity contribution in [3.63, 3.8) is 0 Å². The predicted molar refractivity (Wildman–Crippen MR) is 80.6 cm³/mol. The fourth-order valence-electron chi connectivity index (χ4n) is 2.25. The van der Waals surface area contributed by atoms with Gasteiger partial charge in [0.1, 0.15) is 0 Å². The molecule has 0 saturated carbocycles. The Morgan fingerprint density at radius 1 is 1.37 bits per heavy atom. The number of hydrogen-bond acceptors (Lipinski definition) is 2. The SMILES string of the molecule is CNCc1cn(CCC(C)(C)O)c2cc(Cl)ccc12. The third-order valence-corrected chi connectivity index (χ3v) is 3.49. The number of nitrogens with zero attached hydrogens (tertiary/aromatic N) is 1. The summed E-state index contributed by atoms with van der Waals surface area (Å²) in [6, 6.07) is 5.97. The zero-order valence-electron chi connectivity index (χ0n) is 11.7. The lowest BCUT2D eigenvalue weighted by Gasteiger charge is -2.17. The van der Waals surface area contributed by atoms with Gasteiger partial charge in [0.25, 0.3) is 0 Å². The molecule has 1 heterocycles. The molecular weight excluding hydrogens is 260 g/mol. The average Bonchev–Trinajstić information content (AvgIpc) is 2.64. The molecule has 2 aromatic rings. The molecule has 1 aromatic heterocycles. The minimum absolute atomic E-state index is 0.654. The van der Waals surface area contributed by atoms with E-state index in [9.17, 15) is 5.11 Å². The summed E-state index contributed by atoms with van der Waals surface area (Å²) in [5, 5.41) is 15.0. The molecule has 1 aromatic carbocycles. The topological polar surface area (TPSA) is 37.2 Å². The van der Waals surface area contributed by atoms with Crippen molar-refractivity contribution in [2.75, 3.05) is 7.05 Å². The van der Waals surface area contributed by atoms with E-state index in [0.717, 1.165) is 23.6 Å². The number of rotatable bonds is 5. The second-order valence-electron chi connectivity index (χ2n) is 5.60. The van der Waals surface area contributed by atoms with Gasteiger partial charge in [-0.05, 0) is 45.0 Å². The maximum atomic E-state index is 9.86. The van der Waals surface area contributed by atoms with Gasteiger partial charge in [-0.25, -0.2) is 0 Å². The Bertz CT molecular complexity index is 569. The molecule has 2 N–H and O–H groups in total. The molecule has 3 nitrogen and oxygen atoms in total. The molecule has 0 bridgehead atoms. The maximum absolute atomic E-state index is 9.86. The first-order valence-corrected chi connectivity index (χ1v) is 6.93. The minimum Gasteiger partial charge on any atom is -0.390 e. The van der Waals surface area contributed by atoms with Crippen LogP contribution in [0, 0.1) is 0 Å². The quantitative estimate of drug-likeness (QED) is 0.883. The molecule has 0 aliphatic heterocycles. The normalized spacial score (nSPS) is 12.3. The van der Waals surface area contributed by atoms with Crippen molar-refractivity contribution in [1.29, 1.82) is 0 Å². The molecule has 0 radical (unpaired) electrons. The molecule has 2 rings (SSSR count). The fraction of sp³-hybridized carbons (Fsp3) is 0.467. The van der Waals surface area contributed by atoms with Gasteiger partial charge < -0.3 is 15.0 Å². The zero-order chi connectivity index (χ0) is 14.0. The van der Waals surface area contributed by atoms with E-state index in [-0.39, 0.29) is 0 Å². The number of aryl methyl sites for hydroxylation is 1. The van der Waals surface area contributed by atoms with Gasteiger partial charge in [0.15, 0.2) is 0 Å². The van der Waals surface area contributed by atoms with E-state index < -0.39 is 5.60 Å². The average molecular weight is 281 g/mol. The molecule has 104 valence electrons. The van der Waals surface area contributed by atoms with Crippen LogP contribution in [0.2, 0.25) is 5.02 Å². The van der Waals surface area contributed by atoms with Crippen LogP contribution in [0.1, 0.15) is 25.8 Å². The number of hydrogen-bond donors (Lipinski definition) is 2. The van der Waals surface area contributed by atoms with Gasteiger partial charge in [0, 0.05) is 35.2 Å². The molecule has 0 spiro atoms. The lowest BCUT2D eigenvalue weighted by atomic mass is 10.1. The van der Waals surface area contributed by atoms with E-state index in [1.54, 1.807) is 0 Å². The number of aromatic nitrogens is 1. The minimum atomic E-state index is -0.654. The molecule has 0 unspecified atom stereocenters. The van der Waals surface area contributed by atoms with Gasteiger partial charge >= 0.3 is 0 Å². The van der Waals surface area contributed by atoms with Crippen LogP contribution in [-0.2, 0) is 13.1 Å². The van der Waals surface area contributed by atoms with E-state index in [1.165, 1.54) is 10.9 Å². The largest absolute Gasteiger partial charge is 0.390 e. The maximum Gasteiger partial charge on any atom is 0.0608 e. The van der Waals surface area contributed by atoms with Crippen molar-refractivity contribution in [3.05, 3.63) is 35.0 Å². The summed E-state index contributed by atoms with van der Waals surface area (Å²) in [5.41, 5.74) is 1.73. The molecule has 0 aliphatic carbocycles. The van der Waals surface area contributed by atoms with Gasteiger partial charge in [-0.2, -0.15) is 0 Å². The Morgan fingerprint density at radius 3 is 2.74 bits per heavy atom. The predicted octanol–water partition coefficient (Wildman–Crippen LogP) is 3.18. The van der Waals surface area contributed by atoms with Crippen LogP contribution in [0.15, 0.2) is 24.4 Å². The Balaban J connectivity index is 2.39. The summed E-state index contributed by atoms with van der Waals surface area (Å²) in [4.78, 5) is 0. The number of aliphatic hydroxyl groups is 1. The number of nitrogens with one attached hydrogen (secondary N) is 1. The number of halogens is 1. The van der Waals surface area contributed by atoms with Gasteiger partial charge in [0.2, 0.25) is 0 Å². The van der Waals surface area contributed by atoms with Crippen molar-refractivity contribution in [3.8, 4) is 0 Å². The summed E-state index contributed by atoms with van der Waals surface area (Å²) < 4.78 is 2.17. The third kappa shape index (κ3) is 3.50. The lowest BCUT2D eigenvalue weighted by molar-refractivity contribution is 0.0666. The lowest BCUT2D eigenvalue weighted by Crippen LogP contribution is -2.20. The van der Waals surface area contributed by atoms with Gasteiger partial charge in [-0.15, -0.1) is 0 Å². The Kier molecular flexibility index (Phi) is 4.19. The van der Waals surface area contributed by atoms with Crippen LogP contribution < -0.4 is 5.32 Å². The van der Waals surface area contributed by atoms with Crippen molar-refractivity contribution >= 4 is 22.5 Å². The molecule has 0 saturated heterocycles. The summed E-state index contributed by atoms with van der Waals surface area (Å²) in [5.74, 6) is 0. The van der Waals surface area contributed by atoms with Crippen molar-refractivity contribution in [1.82, 2.24) is 9.88 Å². The molecule has 4 heteroatoms. The summed E-state index contributed by atoms with van der Waals surface area (Å²) in [6.45, 7) is 5.28. The highest BCUT2D eigenvalue weighted by molar-refractivity contribution is 6.31. The highest BCUT2D eigenvalue weighted by Gasteiger charge is 2.14. The van der Waals surface area contributed by atoms with Crippen LogP contribution in [0.3, 0.4) is 0 Å². The molecule has 19 heavy (non-hydrogen) atoms. The van der Waals surface area contributed by atoms with Gasteiger partial charge in [-0.1, -0.05) is 17.7 Å². The highest BCUT2D eigenvalue weighted by atomic mass is 35.5. The Labute approximate surface area is 119 Å². The smallest absolute Gasteiger partial charge is 0.0608 e. The fourth-order valence-corrected chi connectivity index (χ4v) is 2.42. The molecule has 0 amide bonds. The van der Waals surface area contributed by atoms with E-state index in [4.69, 9.17) is 11.6 Å². The van der Waals surface area contributed by atoms with E-state index in [2.05, 4.69) is 22.1 Å². The molecule has 0 fully saturated rings. The first-order chi connectivity index (χ1) is 8.90. The van der Waals surface area contributed by atoms with Crippen LogP contribution >= 0.6 is 11.6 Å². The second-order valence-corrected chi connectivity index (χ2v) is 6.04. The Hall–Kier alpha value is -1.03. The zero-order valence-corrected chi connectivity index (χ0v) is 12.5. The highest BCUT2D eigenvalue weighted by Crippen LogP contribution is 2.26. The summed E-state index contributed by atoms with van der Waals surface area (Å²) >= 11 is 6.09. The van der Waals surface area contributed by atoms with E-state index >= 15 is 0 Å². The summed E-state index contributed by atoms with van der Waals surface area (Å²) in [7, 11) is 1.94. The first-order valence-electron chi connectivity index (χ1n) is 6.55. The summed E-state index contributed by atoms with van der Waals surface area (Å²) in [6.07, 6.45) is 2.85. The second kappa shape index (κ2) is 5.53. The van der Waals surface area contributed by atoms with E-state index in [0.29, 0.717) is 6.42 Å². The van der Waals surface area contributed by atoms with Crippen molar-refractivity contribution < 1.29 is 5.11 Å². The standard InChI is InChI=1S/C15H21ClN2O/c1-15(2,19)6-7-18-10-11(9-17-3)13-5-4-12(16)8-14(13)18/h4-5,8,10,17,19H,6-7,9H2,1-3H3. The third-order valence-electron chi connectivity index (χ3n) is 3.26. The van der Waals surface area contributed by atoms with Crippen LogP contribution in [0.5, 0.6) is 0 Å². The van der Waals surface area contributed by atoms with Crippen LogP contribution in [0.25, 0.3) is 10.9 Å². The van der Waals surface area contributed by atoms with Crippen molar-refractivity contribution in [2.24, 2.45) is 0 Å². The van der Waals surface area contributed by atoms with Crippen LogP contribution in [-0.4, -0.2) is 22.3 Å². The van der Waals surface area contributed by atoms with Crippen LogP contribution in [0.4, 0.5) is 0 Å². The van der Waals surface area contributed by atoms with Gasteiger partial charge in [0.05, 0.1) is 5.60 Å². The Morgan fingerprint density at radius 2 is 2.11 bits per heavy atom. The first kappa shape index (κ1) is 14.4. The van der Waals surface area contributed by atoms with Crippen molar-refractivity contribution in [2.45, 2.75) is 39.0 Å².